The molecule has 0 radical (unpaired) electrons. The van der Waals surface area contributed by atoms with Crippen LogP contribution >= 0.6 is 46.6 Å². The van der Waals surface area contributed by atoms with Crippen LogP contribution in [0.3, 0.4) is 0 Å². The van der Waals surface area contributed by atoms with Gasteiger partial charge >= 0.3 is 0 Å². The van der Waals surface area contributed by atoms with Gasteiger partial charge in [-0.2, -0.15) is 0 Å². The minimum absolute atomic E-state index is 0.213. The van der Waals surface area contributed by atoms with E-state index < -0.39 is 5.25 Å². The van der Waals surface area contributed by atoms with E-state index in [1.54, 1.807) is 49.4 Å². The van der Waals surface area contributed by atoms with E-state index in [1.807, 2.05) is 0 Å². The van der Waals surface area contributed by atoms with Gasteiger partial charge in [-0.05, 0) is 43.3 Å². The first kappa shape index (κ1) is 20.8. The van der Waals surface area contributed by atoms with Crippen LogP contribution in [0.2, 0.25) is 15.1 Å². The summed E-state index contributed by atoms with van der Waals surface area (Å²) in [5.74, 6) is 0.947. The molecule has 1 atom stereocenters. The molecule has 3 aromatic rings. The van der Waals surface area contributed by atoms with Crippen molar-refractivity contribution in [3.8, 4) is 5.75 Å². The SMILES string of the molecule is CC(Sc1n[nH]c(COc2ccc(Cl)cc2)n1)C(=O)Nc1c(Cl)cccc1Cl. The van der Waals surface area contributed by atoms with Gasteiger partial charge in [0.25, 0.3) is 0 Å². The molecule has 2 aromatic carbocycles. The third-order valence-corrected chi connectivity index (χ3v) is 5.41. The molecule has 28 heavy (non-hydrogen) atoms. The Hall–Kier alpha value is -1.93. The molecular weight excluding hydrogens is 443 g/mol. The number of carbonyl (C=O) groups excluding carboxylic acids is 1. The van der Waals surface area contributed by atoms with Crippen molar-refractivity contribution < 1.29 is 9.53 Å². The molecule has 3 rings (SSSR count). The Kier molecular flexibility index (Phi) is 7.07. The van der Waals surface area contributed by atoms with Gasteiger partial charge in [0, 0.05) is 5.02 Å². The zero-order valence-electron chi connectivity index (χ0n) is 14.6. The van der Waals surface area contributed by atoms with Crippen molar-refractivity contribution in [2.24, 2.45) is 0 Å². The second kappa shape index (κ2) is 9.52. The fraction of sp³-hybridized carbons (Fsp3) is 0.167. The molecule has 10 heteroatoms. The Balaban J connectivity index is 1.55. The number of H-pyrrole nitrogens is 1. The molecule has 0 aliphatic heterocycles. The summed E-state index contributed by atoms with van der Waals surface area (Å²) in [6.45, 7) is 1.95. The summed E-state index contributed by atoms with van der Waals surface area (Å²) in [4.78, 5) is 16.7. The van der Waals surface area contributed by atoms with Gasteiger partial charge in [-0.3, -0.25) is 9.89 Å². The van der Waals surface area contributed by atoms with Crippen molar-refractivity contribution in [3.63, 3.8) is 0 Å². The maximum atomic E-state index is 12.4. The number of nitrogens with zero attached hydrogens (tertiary/aromatic N) is 2. The number of aromatic amines is 1. The summed E-state index contributed by atoms with van der Waals surface area (Å²) in [6, 6.07) is 12.0. The van der Waals surface area contributed by atoms with Crippen molar-refractivity contribution in [1.29, 1.82) is 0 Å². The molecular formula is C18H15Cl3N4O2S. The number of carbonyl (C=O) groups is 1. The Morgan fingerprint density at radius 2 is 1.86 bits per heavy atom. The lowest BCUT2D eigenvalue weighted by Crippen LogP contribution is -2.22. The topological polar surface area (TPSA) is 79.9 Å². The second-order valence-electron chi connectivity index (χ2n) is 5.65. The van der Waals surface area contributed by atoms with Gasteiger partial charge in [-0.1, -0.05) is 52.6 Å². The van der Waals surface area contributed by atoms with Gasteiger partial charge in [-0.25, -0.2) is 4.98 Å². The van der Waals surface area contributed by atoms with E-state index in [0.29, 0.717) is 37.5 Å². The number of hydrogen-bond donors (Lipinski definition) is 2. The first-order valence-electron chi connectivity index (χ1n) is 8.13. The van der Waals surface area contributed by atoms with Gasteiger partial charge in [0.05, 0.1) is 21.0 Å². The van der Waals surface area contributed by atoms with Gasteiger partial charge in [0.1, 0.15) is 12.4 Å². The van der Waals surface area contributed by atoms with Crippen molar-refractivity contribution >= 4 is 58.2 Å². The molecule has 146 valence electrons. The summed E-state index contributed by atoms with van der Waals surface area (Å²) >= 11 is 19.2. The molecule has 0 fully saturated rings. The minimum atomic E-state index is -0.465. The van der Waals surface area contributed by atoms with E-state index in [-0.39, 0.29) is 12.5 Å². The highest BCUT2D eigenvalue weighted by atomic mass is 35.5. The Labute approximate surface area is 180 Å². The van der Waals surface area contributed by atoms with Crippen molar-refractivity contribution in [2.45, 2.75) is 23.9 Å². The molecule has 0 bridgehead atoms. The van der Waals surface area contributed by atoms with Gasteiger partial charge < -0.3 is 10.1 Å². The normalized spacial score (nSPS) is 11.9. The summed E-state index contributed by atoms with van der Waals surface area (Å²) in [7, 11) is 0. The number of rotatable bonds is 7. The highest BCUT2D eigenvalue weighted by Crippen LogP contribution is 2.31. The molecule has 0 spiro atoms. The van der Waals surface area contributed by atoms with Gasteiger partial charge in [0.2, 0.25) is 11.1 Å². The monoisotopic (exact) mass is 456 g/mol. The fourth-order valence-corrected chi connectivity index (χ4v) is 3.49. The smallest absolute Gasteiger partial charge is 0.237 e. The van der Waals surface area contributed by atoms with Crippen LogP contribution in [0.25, 0.3) is 0 Å². The molecule has 1 aromatic heterocycles. The number of para-hydroxylation sites is 1. The van der Waals surface area contributed by atoms with Crippen LogP contribution in [-0.4, -0.2) is 26.3 Å². The quantitative estimate of drug-likeness (QED) is 0.460. The highest BCUT2D eigenvalue weighted by Gasteiger charge is 2.19. The third kappa shape index (κ3) is 5.54. The lowest BCUT2D eigenvalue weighted by Gasteiger charge is -2.12. The van der Waals surface area contributed by atoms with E-state index in [2.05, 4.69) is 20.5 Å². The number of nitrogens with one attached hydrogen (secondary N) is 2. The molecule has 2 N–H and O–H groups in total. The number of halogens is 3. The second-order valence-corrected chi connectivity index (χ2v) is 8.21. The number of anilines is 1. The zero-order valence-corrected chi connectivity index (χ0v) is 17.7. The van der Waals surface area contributed by atoms with E-state index >= 15 is 0 Å². The lowest BCUT2D eigenvalue weighted by molar-refractivity contribution is -0.115. The predicted molar refractivity (Wildman–Crippen MR) is 113 cm³/mol. The molecule has 0 saturated heterocycles. The predicted octanol–water partition coefficient (Wildman–Crippen LogP) is 5.46. The van der Waals surface area contributed by atoms with Crippen molar-refractivity contribution in [2.75, 3.05) is 5.32 Å². The summed E-state index contributed by atoms with van der Waals surface area (Å²) in [5.41, 5.74) is 0.385. The van der Waals surface area contributed by atoms with Crippen molar-refractivity contribution in [3.05, 3.63) is 63.4 Å². The van der Waals surface area contributed by atoms with Crippen LogP contribution in [0.15, 0.2) is 47.6 Å². The Morgan fingerprint density at radius 1 is 1.18 bits per heavy atom. The van der Waals surface area contributed by atoms with E-state index in [0.717, 1.165) is 0 Å². The molecule has 0 saturated carbocycles. The lowest BCUT2D eigenvalue weighted by atomic mass is 10.3. The fourth-order valence-electron chi connectivity index (χ4n) is 2.13. The molecule has 0 aliphatic carbocycles. The molecule has 1 amide bonds. The van der Waals surface area contributed by atoms with E-state index in [4.69, 9.17) is 39.5 Å². The van der Waals surface area contributed by atoms with Crippen LogP contribution in [-0.2, 0) is 11.4 Å². The molecule has 1 unspecified atom stereocenters. The van der Waals surface area contributed by atoms with Gasteiger partial charge in [0.15, 0.2) is 5.82 Å². The largest absolute Gasteiger partial charge is 0.486 e. The average molecular weight is 458 g/mol. The highest BCUT2D eigenvalue weighted by molar-refractivity contribution is 8.00. The number of benzene rings is 2. The molecule has 6 nitrogen and oxygen atoms in total. The number of hydrogen-bond acceptors (Lipinski definition) is 5. The molecule has 0 aliphatic rings. The van der Waals surface area contributed by atoms with E-state index in [9.17, 15) is 4.79 Å². The first-order valence-corrected chi connectivity index (χ1v) is 10.1. The van der Waals surface area contributed by atoms with Gasteiger partial charge in [-0.15, -0.1) is 5.10 Å². The maximum Gasteiger partial charge on any atom is 0.237 e. The van der Waals surface area contributed by atoms with E-state index in [1.165, 1.54) is 11.8 Å². The molecule has 1 heterocycles. The van der Waals surface area contributed by atoms with Crippen LogP contribution in [0.5, 0.6) is 5.75 Å². The number of amides is 1. The summed E-state index contributed by atoms with van der Waals surface area (Å²) < 4.78 is 5.61. The number of ether oxygens (including phenoxy) is 1. The maximum absolute atomic E-state index is 12.4. The van der Waals surface area contributed by atoms with Crippen LogP contribution in [0.1, 0.15) is 12.7 Å². The van der Waals surface area contributed by atoms with Crippen LogP contribution < -0.4 is 10.1 Å². The average Bonchev–Trinajstić information content (AvgIpc) is 3.11. The van der Waals surface area contributed by atoms with Crippen LogP contribution in [0.4, 0.5) is 5.69 Å². The summed E-state index contributed by atoms with van der Waals surface area (Å²) in [6.07, 6.45) is 0. The minimum Gasteiger partial charge on any atom is -0.486 e. The summed E-state index contributed by atoms with van der Waals surface area (Å²) in [5, 5.41) is 11.0. The van der Waals surface area contributed by atoms with Crippen molar-refractivity contribution in [1.82, 2.24) is 15.2 Å². The third-order valence-electron chi connectivity index (χ3n) is 3.56. The standard InChI is InChI=1S/C18H15Cl3N4O2S/c1-10(17(26)23-16-13(20)3-2-4-14(16)21)28-18-22-15(24-25-18)9-27-12-7-5-11(19)6-8-12/h2-8,10H,9H2,1H3,(H,23,26)(H,22,24,25). The number of thioether (sulfide) groups is 1. The first-order chi connectivity index (χ1) is 13.4. The Morgan fingerprint density at radius 3 is 2.54 bits per heavy atom. The Bertz CT molecular complexity index is 945. The van der Waals surface area contributed by atoms with Crippen LogP contribution in [0, 0.1) is 0 Å². The number of aromatic nitrogens is 3. The zero-order chi connectivity index (χ0) is 20.1.